The van der Waals surface area contributed by atoms with Crippen LogP contribution in [0.15, 0.2) is 48.5 Å². The van der Waals surface area contributed by atoms with E-state index in [-0.39, 0.29) is 17.8 Å². The van der Waals surface area contributed by atoms with Crippen LogP contribution in [-0.4, -0.2) is 62.0 Å². The first-order valence-corrected chi connectivity index (χ1v) is 11.2. The van der Waals surface area contributed by atoms with Gasteiger partial charge in [-0.3, -0.25) is 14.5 Å². The van der Waals surface area contributed by atoms with E-state index >= 15 is 0 Å². The van der Waals surface area contributed by atoms with E-state index in [4.69, 9.17) is 11.6 Å². The molecule has 0 unspecified atom stereocenters. The van der Waals surface area contributed by atoms with Crippen LogP contribution in [-0.2, 0) is 22.7 Å². The van der Waals surface area contributed by atoms with Crippen LogP contribution in [0, 0.1) is 0 Å². The molecule has 0 aromatic heterocycles. The molecule has 4 rings (SSSR count). The molecule has 10 heteroatoms. The van der Waals surface area contributed by atoms with Gasteiger partial charge in [-0.15, -0.1) is 0 Å². The number of rotatable bonds is 5. The standard InChI is InChI=1S/C19H21ClN4O2.C4H8N2O/c20-16-5-1-14(2-6-16)11-22-19(26)23-17-7-3-15(4-8-17)12-24-10-9-21-18(25)13-24;7-4-3-5-1-2-6-4/h1-8H,9-13H2,(H,21,25)(H2,22,23,26);5H,1-3H2,(H,6,7). The molecule has 176 valence electrons. The topological polar surface area (TPSA) is 115 Å². The molecule has 2 aliphatic rings. The van der Waals surface area contributed by atoms with E-state index in [1.165, 1.54) is 0 Å². The van der Waals surface area contributed by atoms with Gasteiger partial charge < -0.3 is 26.6 Å². The maximum absolute atomic E-state index is 12.0. The fourth-order valence-electron chi connectivity index (χ4n) is 3.29. The molecular formula is C23H29ClN6O3. The molecule has 2 heterocycles. The Labute approximate surface area is 198 Å². The Morgan fingerprint density at radius 1 is 0.909 bits per heavy atom. The monoisotopic (exact) mass is 472 g/mol. The lowest BCUT2D eigenvalue weighted by Gasteiger charge is -2.26. The van der Waals surface area contributed by atoms with Gasteiger partial charge in [-0.1, -0.05) is 35.9 Å². The minimum atomic E-state index is -0.264. The average Bonchev–Trinajstić information content (AvgIpc) is 2.81. The van der Waals surface area contributed by atoms with Gasteiger partial charge in [0.1, 0.15) is 0 Å². The quantitative estimate of drug-likeness (QED) is 0.450. The van der Waals surface area contributed by atoms with Crippen LogP contribution in [0.2, 0.25) is 5.02 Å². The van der Waals surface area contributed by atoms with Crippen LogP contribution in [0.3, 0.4) is 0 Å². The van der Waals surface area contributed by atoms with Crippen LogP contribution in [0.4, 0.5) is 10.5 Å². The second-order valence-corrected chi connectivity index (χ2v) is 8.15. The lowest BCUT2D eigenvalue weighted by Crippen LogP contribution is -2.47. The highest BCUT2D eigenvalue weighted by atomic mass is 35.5. The van der Waals surface area contributed by atoms with Gasteiger partial charge >= 0.3 is 6.03 Å². The van der Waals surface area contributed by atoms with Gasteiger partial charge in [-0.25, -0.2) is 4.79 Å². The van der Waals surface area contributed by atoms with E-state index in [0.717, 1.165) is 43.0 Å². The maximum atomic E-state index is 12.0. The summed E-state index contributed by atoms with van der Waals surface area (Å²) in [6.07, 6.45) is 0. The minimum absolute atomic E-state index is 0.0619. The fraction of sp³-hybridized carbons (Fsp3) is 0.348. The van der Waals surface area contributed by atoms with Crippen LogP contribution in [0.1, 0.15) is 11.1 Å². The Hall–Kier alpha value is -3.14. The molecule has 0 aliphatic carbocycles. The first kappa shape index (κ1) is 24.5. The van der Waals surface area contributed by atoms with E-state index < -0.39 is 0 Å². The van der Waals surface area contributed by atoms with Gasteiger partial charge in [0.25, 0.3) is 0 Å². The zero-order chi connectivity index (χ0) is 23.5. The molecular weight excluding hydrogens is 444 g/mol. The summed E-state index contributed by atoms with van der Waals surface area (Å²) in [6, 6.07) is 14.7. The van der Waals surface area contributed by atoms with Gasteiger partial charge in [-0.05, 0) is 35.4 Å². The summed E-state index contributed by atoms with van der Waals surface area (Å²) in [6.45, 7) is 5.28. The molecule has 9 nitrogen and oxygen atoms in total. The van der Waals surface area contributed by atoms with E-state index in [2.05, 4.69) is 31.5 Å². The summed E-state index contributed by atoms with van der Waals surface area (Å²) in [5.41, 5.74) is 2.80. The predicted molar refractivity (Wildman–Crippen MR) is 128 cm³/mol. The molecule has 33 heavy (non-hydrogen) atoms. The fourth-order valence-corrected chi connectivity index (χ4v) is 3.42. The molecule has 4 amide bonds. The van der Waals surface area contributed by atoms with Crippen LogP contribution in [0.25, 0.3) is 0 Å². The number of nitrogens with zero attached hydrogens (tertiary/aromatic N) is 1. The predicted octanol–water partition coefficient (Wildman–Crippen LogP) is 1.30. The lowest BCUT2D eigenvalue weighted by atomic mass is 10.2. The van der Waals surface area contributed by atoms with Crippen LogP contribution < -0.4 is 26.6 Å². The number of benzene rings is 2. The van der Waals surface area contributed by atoms with E-state index in [1.807, 2.05) is 36.4 Å². The highest BCUT2D eigenvalue weighted by molar-refractivity contribution is 6.30. The van der Waals surface area contributed by atoms with Crippen molar-refractivity contribution in [3.05, 3.63) is 64.7 Å². The first-order valence-electron chi connectivity index (χ1n) is 10.8. The second kappa shape index (κ2) is 12.8. The highest BCUT2D eigenvalue weighted by Crippen LogP contribution is 2.13. The molecule has 2 fully saturated rings. The summed E-state index contributed by atoms with van der Waals surface area (Å²) >= 11 is 5.84. The Kier molecular flexibility index (Phi) is 9.49. The molecule has 2 aliphatic heterocycles. The second-order valence-electron chi connectivity index (χ2n) is 7.72. The van der Waals surface area contributed by atoms with Crippen molar-refractivity contribution in [1.82, 2.24) is 26.2 Å². The Morgan fingerprint density at radius 2 is 1.61 bits per heavy atom. The number of amides is 4. The van der Waals surface area contributed by atoms with Crippen LogP contribution in [0.5, 0.6) is 0 Å². The third-order valence-corrected chi connectivity index (χ3v) is 5.26. The number of nitrogens with one attached hydrogen (secondary N) is 5. The van der Waals surface area contributed by atoms with Crippen molar-refractivity contribution in [2.24, 2.45) is 0 Å². The van der Waals surface area contributed by atoms with E-state index in [1.54, 1.807) is 12.1 Å². The van der Waals surface area contributed by atoms with Gasteiger partial charge in [0.05, 0.1) is 13.1 Å². The summed E-state index contributed by atoms with van der Waals surface area (Å²) in [7, 11) is 0. The Morgan fingerprint density at radius 3 is 2.21 bits per heavy atom. The molecule has 2 aromatic rings. The number of carbonyl (C=O) groups excluding carboxylic acids is 3. The van der Waals surface area contributed by atoms with Gasteiger partial charge in [0.15, 0.2) is 0 Å². The molecule has 0 saturated carbocycles. The highest BCUT2D eigenvalue weighted by Gasteiger charge is 2.15. The number of piperazine rings is 2. The van der Waals surface area contributed by atoms with E-state index in [9.17, 15) is 14.4 Å². The third-order valence-electron chi connectivity index (χ3n) is 5.01. The van der Waals surface area contributed by atoms with Crippen molar-refractivity contribution in [2.45, 2.75) is 13.1 Å². The maximum Gasteiger partial charge on any atom is 0.319 e. The summed E-state index contributed by atoms with van der Waals surface area (Å²) in [5, 5.41) is 14.7. The van der Waals surface area contributed by atoms with E-state index in [0.29, 0.717) is 31.2 Å². The number of carbonyl (C=O) groups is 3. The largest absolute Gasteiger partial charge is 0.354 e. The number of hydrogen-bond donors (Lipinski definition) is 5. The third kappa shape index (κ3) is 9.09. The van der Waals surface area contributed by atoms with Gasteiger partial charge in [0, 0.05) is 50.0 Å². The van der Waals surface area contributed by atoms with Crippen molar-refractivity contribution >= 4 is 35.1 Å². The normalized spacial score (nSPS) is 16.0. The zero-order valence-corrected chi connectivity index (χ0v) is 19.1. The molecule has 0 spiro atoms. The molecule has 0 bridgehead atoms. The molecule has 5 N–H and O–H groups in total. The first-order chi connectivity index (χ1) is 16.0. The summed E-state index contributed by atoms with van der Waals surface area (Å²) < 4.78 is 0. The summed E-state index contributed by atoms with van der Waals surface area (Å²) in [5.74, 6) is 0.165. The Bertz CT molecular complexity index is 928. The minimum Gasteiger partial charge on any atom is -0.354 e. The van der Waals surface area contributed by atoms with Crippen LogP contribution >= 0.6 is 11.6 Å². The van der Waals surface area contributed by atoms with Crippen molar-refractivity contribution in [1.29, 1.82) is 0 Å². The molecule has 0 radical (unpaired) electrons. The SMILES string of the molecule is O=C1CN(Cc2ccc(NC(=O)NCc3ccc(Cl)cc3)cc2)CCN1.O=C1CNCCN1. The van der Waals surface area contributed by atoms with Crippen molar-refractivity contribution < 1.29 is 14.4 Å². The average molecular weight is 473 g/mol. The van der Waals surface area contributed by atoms with Crippen molar-refractivity contribution in [3.8, 4) is 0 Å². The van der Waals surface area contributed by atoms with Crippen molar-refractivity contribution in [3.63, 3.8) is 0 Å². The number of halogens is 1. The van der Waals surface area contributed by atoms with Gasteiger partial charge in [-0.2, -0.15) is 0 Å². The molecule has 2 aromatic carbocycles. The zero-order valence-electron chi connectivity index (χ0n) is 18.3. The van der Waals surface area contributed by atoms with Crippen molar-refractivity contribution in [2.75, 3.05) is 44.6 Å². The molecule has 0 atom stereocenters. The van der Waals surface area contributed by atoms with Gasteiger partial charge in [0.2, 0.25) is 11.8 Å². The Balaban J connectivity index is 0.000000374. The smallest absolute Gasteiger partial charge is 0.319 e. The molecule has 2 saturated heterocycles. The summed E-state index contributed by atoms with van der Waals surface area (Å²) in [4.78, 5) is 35.8. The number of hydrogen-bond acceptors (Lipinski definition) is 5. The number of anilines is 1. The lowest BCUT2D eigenvalue weighted by molar-refractivity contribution is -0.124. The number of urea groups is 1.